The molecule has 8 heavy (non-hydrogen) atoms. The van der Waals surface area contributed by atoms with Gasteiger partial charge in [-0.15, -0.1) is 0 Å². The lowest BCUT2D eigenvalue weighted by Gasteiger charge is -2.08. The summed E-state index contributed by atoms with van der Waals surface area (Å²) in [4.78, 5) is 9.86. The van der Waals surface area contributed by atoms with Crippen LogP contribution in [-0.2, 0) is 4.79 Å². The number of rotatable bonds is 3. The fourth-order valence-electron chi connectivity index (χ4n) is 0.370. The zero-order valence-electron chi connectivity index (χ0n) is 5.35. The van der Waals surface area contributed by atoms with Crippen molar-refractivity contribution >= 4 is 6.29 Å². The monoisotopic (exact) mass is 114 g/mol. The fourth-order valence-corrected chi connectivity index (χ4v) is 0.370. The van der Waals surface area contributed by atoms with Crippen LogP contribution in [0.25, 0.3) is 0 Å². The van der Waals surface area contributed by atoms with Crippen molar-refractivity contribution in [3.8, 4) is 0 Å². The van der Waals surface area contributed by atoms with E-state index in [1.54, 1.807) is 6.29 Å². The van der Waals surface area contributed by atoms with Crippen LogP contribution in [-0.4, -0.2) is 12.3 Å². The molecule has 0 heterocycles. The van der Waals surface area contributed by atoms with Gasteiger partial charge in [-0.25, -0.2) is 0 Å². The quantitative estimate of drug-likeness (QED) is 0.579. The Morgan fingerprint density at radius 1 is 1.75 bits per heavy atom. The van der Waals surface area contributed by atoms with E-state index in [0.717, 1.165) is 6.42 Å². The average molecular weight is 114 g/mol. The summed E-state index contributed by atoms with van der Waals surface area (Å²) in [5, 5.41) is 0. The van der Waals surface area contributed by atoms with Gasteiger partial charge >= 0.3 is 0 Å². The minimum absolute atomic E-state index is 0.271. The van der Waals surface area contributed by atoms with Crippen molar-refractivity contribution < 1.29 is 4.79 Å². The van der Waals surface area contributed by atoms with E-state index in [0.29, 0.717) is 0 Å². The van der Waals surface area contributed by atoms with Crippen LogP contribution in [0.4, 0.5) is 0 Å². The first kappa shape index (κ1) is 7.63. The summed E-state index contributed by atoms with van der Waals surface area (Å²) >= 11 is 0. The van der Waals surface area contributed by atoms with E-state index in [1.165, 1.54) is 0 Å². The summed E-state index contributed by atoms with van der Waals surface area (Å²) in [7, 11) is 0. The molecule has 2 heteroatoms. The Kier molecular flexibility index (Phi) is 3.44. The predicted octanol–water partition coefficient (Wildman–Crippen LogP) is 0.470. The molecule has 0 aliphatic carbocycles. The number of hydrogen-bond acceptors (Lipinski definition) is 2. The van der Waals surface area contributed by atoms with E-state index < -0.39 is 0 Å². The molecule has 0 aliphatic heterocycles. The van der Waals surface area contributed by atoms with Crippen LogP contribution in [0.5, 0.6) is 0 Å². The molecule has 0 aliphatic rings. The lowest BCUT2D eigenvalue weighted by molar-refractivity contribution is 0.477. The van der Waals surface area contributed by atoms with Gasteiger partial charge in [0.25, 0.3) is 0 Å². The largest absolute Gasteiger partial charge is 0.321 e. The second-order valence-electron chi connectivity index (χ2n) is 2.03. The molecule has 2 unspecified atom stereocenters. The molecule has 0 fully saturated rings. The summed E-state index contributed by atoms with van der Waals surface area (Å²) in [5.41, 5.74) is 5.30. The molecule has 1 radical (unpaired) electrons. The highest BCUT2D eigenvalue weighted by atomic mass is 16.1. The van der Waals surface area contributed by atoms with Gasteiger partial charge in [0, 0.05) is 0 Å². The SMILES string of the molecule is CCC(C)C(N)[C]=O. The first-order valence-electron chi connectivity index (χ1n) is 2.85. The molecule has 0 spiro atoms. The first-order chi connectivity index (χ1) is 3.72. The highest BCUT2D eigenvalue weighted by Crippen LogP contribution is 2.01. The van der Waals surface area contributed by atoms with E-state index in [-0.39, 0.29) is 12.0 Å². The standard InChI is InChI=1S/C6H12NO/c1-3-5(2)6(7)4-8/h5-6H,3,7H2,1-2H3. The number of nitrogens with two attached hydrogens (primary N) is 1. The van der Waals surface area contributed by atoms with Crippen molar-refractivity contribution in [1.82, 2.24) is 0 Å². The van der Waals surface area contributed by atoms with E-state index in [2.05, 4.69) is 0 Å². The molecule has 0 saturated heterocycles. The lowest BCUT2D eigenvalue weighted by atomic mass is 10.0. The normalized spacial score (nSPS) is 17.4. The smallest absolute Gasteiger partial charge is 0.216 e. The van der Waals surface area contributed by atoms with Gasteiger partial charge in [-0.3, -0.25) is 4.79 Å². The number of carbonyl (C=O) groups excluding carboxylic acids is 1. The van der Waals surface area contributed by atoms with Crippen LogP contribution >= 0.6 is 0 Å². The van der Waals surface area contributed by atoms with Crippen LogP contribution in [0.15, 0.2) is 0 Å². The minimum atomic E-state index is -0.389. The molecule has 0 saturated carbocycles. The van der Waals surface area contributed by atoms with Crippen LogP contribution in [0, 0.1) is 5.92 Å². The van der Waals surface area contributed by atoms with Gasteiger partial charge in [-0.1, -0.05) is 20.3 Å². The molecule has 2 N–H and O–H groups in total. The third-order valence-electron chi connectivity index (χ3n) is 1.39. The number of hydrogen-bond donors (Lipinski definition) is 1. The molecular weight excluding hydrogens is 102 g/mol. The summed E-state index contributed by atoms with van der Waals surface area (Å²) < 4.78 is 0. The summed E-state index contributed by atoms with van der Waals surface area (Å²) in [6, 6.07) is -0.389. The van der Waals surface area contributed by atoms with E-state index in [9.17, 15) is 4.79 Å². The maximum Gasteiger partial charge on any atom is 0.216 e. The van der Waals surface area contributed by atoms with Gasteiger partial charge in [-0.2, -0.15) is 0 Å². The third kappa shape index (κ3) is 2.07. The zero-order chi connectivity index (χ0) is 6.57. The fraction of sp³-hybridized carbons (Fsp3) is 0.833. The molecule has 0 amide bonds. The molecule has 0 aromatic heterocycles. The highest BCUT2D eigenvalue weighted by molar-refractivity contribution is 5.58. The predicted molar refractivity (Wildman–Crippen MR) is 33.1 cm³/mol. The summed E-state index contributed by atoms with van der Waals surface area (Å²) in [6.07, 6.45) is 2.68. The maximum atomic E-state index is 9.86. The van der Waals surface area contributed by atoms with Gasteiger partial charge in [-0.05, 0) is 5.92 Å². The van der Waals surface area contributed by atoms with Crippen molar-refractivity contribution in [2.24, 2.45) is 11.7 Å². The zero-order valence-corrected chi connectivity index (χ0v) is 5.35. The van der Waals surface area contributed by atoms with Crippen molar-refractivity contribution in [3.05, 3.63) is 0 Å². The van der Waals surface area contributed by atoms with Crippen molar-refractivity contribution in [2.45, 2.75) is 26.3 Å². The summed E-state index contributed by atoms with van der Waals surface area (Å²) in [6.45, 7) is 3.94. The topological polar surface area (TPSA) is 43.1 Å². The third-order valence-corrected chi connectivity index (χ3v) is 1.39. The van der Waals surface area contributed by atoms with Crippen LogP contribution in [0.2, 0.25) is 0 Å². The molecule has 2 atom stereocenters. The van der Waals surface area contributed by atoms with E-state index >= 15 is 0 Å². The first-order valence-corrected chi connectivity index (χ1v) is 2.85. The van der Waals surface area contributed by atoms with E-state index in [4.69, 9.17) is 5.73 Å². The Morgan fingerprint density at radius 3 is 2.38 bits per heavy atom. The van der Waals surface area contributed by atoms with Crippen molar-refractivity contribution in [2.75, 3.05) is 0 Å². The van der Waals surface area contributed by atoms with Gasteiger partial charge < -0.3 is 5.73 Å². The van der Waals surface area contributed by atoms with Gasteiger partial charge in [0.15, 0.2) is 0 Å². The lowest BCUT2D eigenvalue weighted by Crippen LogP contribution is -2.28. The highest BCUT2D eigenvalue weighted by Gasteiger charge is 2.08. The maximum absolute atomic E-state index is 9.86. The van der Waals surface area contributed by atoms with Crippen molar-refractivity contribution in [1.29, 1.82) is 0 Å². The Bertz CT molecular complexity index is 72.9. The Hall–Kier alpha value is -0.370. The van der Waals surface area contributed by atoms with E-state index in [1.807, 2.05) is 13.8 Å². The molecular formula is C6H12NO. The Labute approximate surface area is 50.1 Å². The van der Waals surface area contributed by atoms with Crippen LogP contribution in [0.3, 0.4) is 0 Å². The molecule has 0 bridgehead atoms. The minimum Gasteiger partial charge on any atom is -0.321 e. The second kappa shape index (κ2) is 3.61. The van der Waals surface area contributed by atoms with Gasteiger partial charge in [0.2, 0.25) is 6.29 Å². The van der Waals surface area contributed by atoms with Gasteiger partial charge in [0.1, 0.15) is 0 Å². The molecule has 0 rings (SSSR count). The Morgan fingerprint density at radius 2 is 2.25 bits per heavy atom. The molecule has 0 aromatic carbocycles. The molecule has 2 nitrogen and oxygen atoms in total. The molecule has 47 valence electrons. The van der Waals surface area contributed by atoms with Crippen molar-refractivity contribution in [3.63, 3.8) is 0 Å². The Balaban J connectivity index is 3.44. The van der Waals surface area contributed by atoms with Crippen LogP contribution < -0.4 is 5.73 Å². The molecule has 0 aromatic rings. The van der Waals surface area contributed by atoms with Gasteiger partial charge in [0.05, 0.1) is 6.04 Å². The van der Waals surface area contributed by atoms with Crippen LogP contribution in [0.1, 0.15) is 20.3 Å². The summed E-state index contributed by atoms with van der Waals surface area (Å²) in [5.74, 6) is 0.271. The second-order valence-corrected chi connectivity index (χ2v) is 2.03. The average Bonchev–Trinajstić information content (AvgIpc) is 1.84.